The molecule has 0 aliphatic carbocycles. The van der Waals surface area contributed by atoms with Gasteiger partial charge in [-0.25, -0.2) is 0 Å². The Balaban J connectivity index is 1.65. The molecule has 2 aromatic carbocycles. The first-order valence-electron chi connectivity index (χ1n) is 7.29. The van der Waals surface area contributed by atoms with Crippen LogP contribution in [0.15, 0.2) is 48.5 Å². The van der Waals surface area contributed by atoms with Crippen LogP contribution in [0.4, 0.5) is 11.4 Å². The first-order valence-corrected chi connectivity index (χ1v) is 7.66. The first-order chi connectivity index (χ1) is 10.6. The molecular formula is C17H18ClN3O. The summed E-state index contributed by atoms with van der Waals surface area (Å²) in [7, 11) is 0. The summed E-state index contributed by atoms with van der Waals surface area (Å²) in [6, 6.07) is 14.9. The lowest BCUT2D eigenvalue weighted by Gasteiger charge is -2.36. The van der Waals surface area contributed by atoms with Crippen molar-refractivity contribution in [2.75, 3.05) is 36.8 Å². The largest absolute Gasteiger partial charge is 0.399 e. The van der Waals surface area contributed by atoms with E-state index in [1.165, 1.54) is 0 Å². The van der Waals surface area contributed by atoms with Crippen LogP contribution in [0.25, 0.3) is 0 Å². The fourth-order valence-corrected chi connectivity index (χ4v) is 2.88. The zero-order valence-corrected chi connectivity index (χ0v) is 13.0. The highest BCUT2D eigenvalue weighted by Gasteiger charge is 2.22. The van der Waals surface area contributed by atoms with Crippen LogP contribution in [0.2, 0.25) is 5.02 Å². The predicted molar refractivity (Wildman–Crippen MR) is 90.4 cm³/mol. The number of anilines is 2. The third-order valence-corrected chi connectivity index (χ3v) is 4.11. The van der Waals surface area contributed by atoms with E-state index in [1.807, 2.05) is 29.2 Å². The van der Waals surface area contributed by atoms with Crippen LogP contribution in [-0.4, -0.2) is 37.0 Å². The lowest BCUT2D eigenvalue weighted by Crippen LogP contribution is -2.48. The number of carbonyl (C=O) groups is 1. The average molecular weight is 316 g/mol. The van der Waals surface area contributed by atoms with Gasteiger partial charge < -0.3 is 15.5 Å². The Morgan fingerprint density at radius 3 is 2.41 bits per heavy atom. The Labute approximate surface area is 135 Å². The number of benzene rings is 2. The maximum atomic E-state index is 12.5. The van der Waals surface area contributed by atoms with E-state index in [4.69, 9.17) is 17.3 Å². The second kappa shape index (κ2) is 6.28. The number of hydrogen-bond donors (Lipinski definition) is 1. The van der Waals surface area contributed by atoms with Gasteiger partial charge in [0.2, 0.25) is 0 Å². The molecule has 2 N–H and O–H groups in total. The third kappa shape index (κ3) is 3.17. The lowest BCUT2D eigenvalue weighted by molar-refractivity contribution is 0.0747. The highest BCUT2D eigenvalue weighted by Crippen LogP contribution is 2.20. The number of carbonyl (C=O) groups excluding carboxylic acids is 1. The van der Waals surface area contributed by atoms with Crippen LogP contribution in [-0.2, 0) is 0 Å². The number of nitrogens with zero attached hydrogens (tertiary/aromatic N) is 2. The van der Waals surface area contributed by atoms with Crippen molar-refractivity contribution in [3.05, 3.63) is 59.1 Å². The minimum atomic E-state index is 0.0368. The van der Waals surface area contributed by atoms with Crippen LogP contribution in [0.5, 0.6) is 0 Å². The number of hydrogen-bond acceptors (Lipinski definition) is 3. The van der Waals surface area contributed by atoms with Gasteiger partial charge in [-0.1, -0.05) is 23.7 Å². The van der Waals surface area contributed by atoms with Crippen LogP contribution in [0.1, 0.15) is 10.4 Å². The molecule has 5 heteroatoms. The van der Waals surface area contributed by atoms with E-state index in [-0.39, 0.29) is 5.91 Å². The van der Waals surface area contributed by atoms with E-state index >= 15 is 0 Å². The Hall–Kier alpha value is -2.20. The van der Waals surface area contributed by atoms with Crippen molar-refractivity contribution in [3.63, 3.8) is 0 Å². The average Bonchev–Trinajstić information content (AvgIpc) is 2.54. The van der Waals surface area contributed by atoms with Crippen molar-refractivity contribution in [3.8, 4) is 0 Å². The number of piperazine rings is 1. The molecule has 0 unspecified atom stereocenters. The molecule has 1 fully saturated rings. The summed E-state index contributed by atoms with van der Waals surface area (Å²) in [5.41, 5.74) is 8.34. The minimum Gasteiger partial charge on any atom is -0.399 e. The molecule has 0 bridgehead atoms. The van der Waals surface area contributed by atoms with E-state index in [0.29, 0.717) is 23.7 Å². The summed E-state index contributed by atoms with van der Waals surface area (Å²) in [5, 5.41) is 0.587. The molecule has 1 heterocycles. The molecule has 0 saturated carbocycles. The molecule has 4 nitrogen and oxygen atoms in total. The SMILES string of the molecule is Nc1cccc(N2CCN(C(=O)c3cccc(Cl)c3)CC2)c1. The van der Waals surface area contributed by atoms with Crippen LogP contribution in [0, 0.1) is 0 Å². The van der Waals surface area contributed by atoms with Crippen LogP contribution >= 0.6 is 11.6 Å². The van der Waals surface area contributed by atoms with Gasteiger partial charge in [0.15, 0.2) is 0 Å². The summed E-state index contributed by atoms with van der Waals surface area (Å²) in [5.74, 6) is 0.0368. The van der Waals surface area contributed by atoms with E-state index < -0.39 is 0 Å². The van der Waals surface area contributed by atoms with Crippen LogP contribution in [0.3, 0.4) is 0 Å². The second-order valence-corrected chi connectivity index (χ2v) is 5.82. The van der Waals surface area contributed by atoms with Gasteiger partial charge in [-0.2, -0.15) is 0 Å². The van der Waals surface area contributed by atoms with Gasteiger partial charge in [0.25, 0.3) is 5.91 Å². The molecule has 1 amide bonds. The molecular weight excluding hydrogens is 298 g/mol. The molecule has 22 heavy (non-hydrogen) atoms. The molecule has 1 aliphatic rings. The zero-order valence-electron chi connectivity index (χ0n) is 12.2. The highest BCUT2D eigenvalue weighted by atomic mass is 35.5. The smallest absolute Gasteiger partial charge is 0.254 e. The molecule has 1 aliphatic heterocycles. The molecule has 0 aromatic heterocycles. The van der Waals surface area contributed by atoms with Gasteiger partial charge >= 0.3 is 0 Å². The fraction of sp³-hybridized carbons (Fsp3) is 0.235. The maximum absolute atomic E-state index is 12.5. The van der Waals surface area contributed by atoms with Gasteiger partial charge in [-0.05, 0) is 36.4 Å². The summed E-state index contributed by atoms with van der Waals surface area (Å²) < 4.78 is 0. The summed E-state index contributed by atoms with van der Waals surface area (Å²) in [4.78, 5) is 16.6. The number of amides is 1. The number of nitrogens with two attached hydrogens (primary N) is 1. The first kappa shape index (κ1) is 14.7. The summed E-state index contributed by atoms with van der Waals surface area (Å²) >= 11 is 5.96. The number of rotatable bonds is 2. The summed E-state index contributed by atoms with van der Waals surface area (Å²) in [6.07, 6.45) is 0. The van der Waals surface area contributed by atoms with E-state index in [0.717, 1.165) is 24.5 Å². The summed E-state index contributed by atoms with van der Waals surface area (Å²) in [6.45, 7) is 2.99. The van der Waals surface area contributed by atoms with Gasteiger partial charge in [0.05, 0.1) is 0 Å². The lowest BCUT2D eigenvalue weighted by atomic mass is 10.1. The van der Waals surface area contributed by atoms with Gasteiger partial charge in [-0.3, -0.25) is 4.79 Å². The van der Waals surface area contributed by atoms with Crippen molar-refractivity contribution in [1.29, 1.82) is 0 Å². The Bertz CT molecular complexity index is 681. The highest BCUT2D eigenvalue weighted by molar-refractivity contribution is 6.30. The quantitative estimate of drug-likeness (QED) is 0.867. The van der Waals surface area contributed by atoms with Crippen molar-refractivity contribution >= 4 is 28.9 Å². The topological polar surface area (TPSA) is 49.6 Å². The second-order valence-electron chi connectivity index (χ2n) is 5.38. The zero-order chi connectivity index (χ0) is 15.5. The van der Waals surface area contributed by atoms with E-state index in [2.05, 4.69) is 4.90 Å². The molecule has 0 atom stereocenters. The molecule has 114 valence electrons. The van der Waals surface area contributed by atoms with E-state index in [9.17, 15) is 4.79 Å². The van der Waals surface area contributed by atoms with Gasteiger partial charge in [-0.15, -0.1) is 0 Å². The van der Waals surface area contributed by atoms with Gasteiger partial charge in [0, 0.05) is 48.1 Å². The standard InChI is InChI=1S/C17H18ClN3O/c18-14-4-1-3-13(11-14)17(22)21-9-7-20(8-10-21)16-6-2-5-15(19)12-16/h1-6,11-12H,7-10,19H2. The van der Waals surface area contributed by atoms with Crippen molar-refractivity contribution in [2.24, 2.45) is 0 Å². The molecule has 0 radical (unpaired) electrons. The molecule has 3 rings (SSSR count). The van der Waals surface area contributed by atoms with Crippen molar-refractivity contribution in [1.82, 2.24) is 4.90 Å². The number of nitrogen functional groups attached to an aromatic ring is 1. The number of halogens is 1. The van der Waals surface area contributed by atoms with Gasteiger partial charge in [0.1, 0.15) is 0 Å². The van der Waals surface area contributed by atoms with E-state index in [1.54, 1.807) is 24.3 Å². The van der Waals surface area contributed by atoms with Crippen molar-refractivity contribution in [2.45, 2.75) is 0 Å². The molecule has 0 spiro atoms. The Morgan fingerprint density at radius 2 is 1.73 bits per heavy atom. The van der Waals surface area contributed by atoms with Crippen molar-refractivity contribution < 1.29 is 4.79 Å². The Morgan fingerprint density at radius 1 is 1.00 bits per heavy atom. The monoisotopic (exact) mass is 315 g/mol. The maximum Gasteiger partial charge on any atom is 0.254 e. The Kier molecular flexibility index (Phi) is 4.20. The molecule has 1 saturated heterocycles. The molecule has 2 aromatic rings. The normalized spacial score (nSPS) is 15.0. The fourth-order valence-electron chi connectivity index (χ4n) is 2.69. The minimum absolute atomic E-state index is 0.0368. The van der Waals surface area contributed by atoms with Crippen LogP contribution < -0.4 is 10.6 Å². The predicted octanol–water partition coefficient (Wildman–Crippen LogP) is 2.88. The third-order valence-electron chi connectivity index (χ3n) is 3.87.